The third-order valence-electron chi connectivity index (χ3n) is 2.24. The zero-order valence-corrected chi connectivity index (χ0v) is 10.9. The molecule has 0 heterocycles. The molecule has 0 spiro atoms. The van der Waals surface area contributed by atoms with E-state index in [4.69, 9.17) is 4.74 Å². The number of esters is 1. The minimum atomic E-state index is -0.325. The van der Waals surface area contributed by atoms with Crippen molar-refractivity contribution in [3.8, 4) is 11.8 Å². The fraction of sp³-hybridized carbons (Fsp3) is 0.312. The molecule has 0 saturated carbocycles. The maximum Gasteiger partial charge on any atom is 0.330 e. The van der Waals surface area contributed by atoms with Crippen molar-refractivity contribution >= 4 is 12.0 Å². The number of unbranched alkanes of at least 4 members (excludes halogenated alkanes) is 1. The number of hydrogen-bond donors (Lipinski definition) is 0. The monoisotopic (exact) mass is 242 g/mol. The standard InChI is InChI=1S/C16H18O2/c1-3-5-6-9-14-10-7-8-11-15(14)12-13-16(17)18-4-2/h7-8,10-13H,3-5H2,1-2H3/b13-12+. The predicted octanol–water partition coefficient (Wildman–Crippen LogP) is 3.41. The van der Waals surface area contributed by atoms with Gasteiger partial charge in [-0.15, -0.1) is 0 Å². The molecule has 0 amide bonds. The topological polar surface area (TPSA) is 26.3 Å². The Bertz CT molecular complexity index is 475. The third kappa shape index (κ3) is 4.88. The normalized spacial score (nSPS) is 9.89. The number of carbonyl (C=O) groups is 1. The summed E-state index contributed by atoms with van der Waals surface area (Å²) in [4.78, 5) is 11.2. The smallest absolute Gasteiger partial charge is 0.330 e. The quantitative estimate of drug-likeness (QED) is 0.459. The molecule has 0 aromatic heterocycles. The maximum absolute atomic E-state index is 11.2. The minimum Gasteiger partial charge on any atom is -0.463 e. The van der Waals surface area contributed by atoms with Crippen LogP contribution in [0.3, 0.4) is 0 Å². The Hall–Kier alpha value is -2.01. The van der Waals surface area contributed by atoms with Gasteiger partial charge in [0.25, 0.3) is 0 Å². The zero-order valence-electron chi connectivity index (χ0n) is 10.9. The molecule has 1 rings (SSSR count). The van der Waals surface area contributed by atoms with Crippen LogP contribution in [0.5, 0.6) is 0 Å². The van der Waals surface area contributed by atoms with E-state index in [9.17, 15) is 4.79 Å². The van der Waals surface area contributed by atoms with E-state index in [0.717, 1.165) is 24.0 Å². The van der Waals surface area contributed by atoms with E-state index < -0.39 is 0 Å². The van der Waals surface area contributed by atoms with Crippen LogP contribution < -0.4 is 0 Å². The summed E-state index contributed by atoms with van der Waals surface area (Å²) in [5, 5.41) is 0. The van der Waals surface area contributed by atoms with Crippen LogP contribution in [-0.2, 0) is 9.53 Å². The van der Waals surface area contributed by atoms with Gasteiger partial charge in [-0.25, -0.2) is 4.79 Å². The van der Waals surface area contributed by atoms with Crippen molar-refractivity contribution in [1.82, 2.24) is 0 Å². The lowest BCUT2D eigenvalue weighted by Crippen LogP contribution is -1.98. The second kappa shape index (κ2) is 8.14. The first kappa shape index (κ1) is 14.1. The fourth-order valence-electron chi connectivity index (χ4n) is 1.39. The van der Waals surface area contributed by atoms with Gasteiger partial charge in [-0.3, -0.25) is 0 Å². The lowest BCUT2D eigenvalue weighted by molar-refractivity contribution is -0.137. The lowest BCUT2D eigenvalue weighted by atomic mass is 10.1. The molecule has 0 aliphatic rings. The second-order valence-electron chi connectivity index (χ2n) is 3.72. The third-order valence-corrected chi connectivity index (χ3v) is 2.24. The SMILES string of the molecule is CCCC#Cc1ccccc1/C=C/C(=O)OCC. The van der Waals surface area contributed by atoms with Gasteiger partial charge in [-0.2, -0.15) is 0 Å². The van der Waals surface area contributed by atoms with Crippen molar-refractivity contribution in [3.05, 3.63) is 41.5 Å². The first-order valence-corrected chi connectivity index (χ1v) is 6.20. The van der Waals surface area contributed by atoms with E-state index in [2.05, 4.69) is 18.8 Å². The van der Waals surface area contributed by atoms with E-state index in [1.165, 1.54) is 6.08 Å². The molecule has 0 aliphatic carbocycles. The van der Waals surface area contributed by atoms with Gasteiger partial charge >= 0.3 is 5.97 Å². The average molecular weight is 242 g/mol. The Labute approximate surface area is 109 Å². The van der Waals surface area contributed by atoms with Crippen molar-refractivity contribution in [3.63, 3.8) is 0 Å². The van der Waals surface area contributed by atoms with Gasteiger partial charge in [-0.1, -0.05) is 37.0 Å². The molecule has 0 radical (unpaired) electrons. The van der Waals surface area contributed by atoms with Crippen LogP contribution in [0.15, 0.2) is 30.3 Å². The molecule has 1 aromatic carbocycles. The van der Waals surface area contributed by atoms with Crippen LogP contribution in [0, 0.1) is 11.8 Å². The summed E-state index contributed by atoms with van der Waals surface area (Å²) in [5.41, 5.74) is 1.88. The first-order valence-electron chi connectivity index (χ1n) is 6.20. The Balaban J connectivity index is 2.83. The van der Waals surface area contributed by atoms with Crippen LogP contribution in [0.1, 0.15) is 37.8 Å². The van der Waals surface area contributed by atoms with Crippen LogP contribution >= 0.6 is 0 Å². The van der Waals surface area contributed by atoms with E-state index >= 15 is 0 Å². The van der Waals surface area contributed by atoms with Gasteiger partial charge in [0.2, 0.25) is 0 Å². The Morgan fingerprint density at radius 3 is 2.83 bits per heavy atom. The molecule has 0 aliphatic heterocycles. The minimum absolute atomic E-state index is 0.325. The summed E-state index contributed by atoms with van der Waals surface area (Å²) in [5.74, 6) is 5.90. The summed E-state index contributed by atoms with van der Waals surface area (Å²) < 4.78 is 4.84. The summed E-state index contributed by atoms with van der Waals surface area (Å²) >= 11 is 0. The van der Waals surface area contributed by atoms with Gasteiger partial charge in [-0.05, 0) is 31.1 Å². The Kier molecular flexibility index (Phi) is 6.35. The highest BCUT2D eigenvalue weighted by atomic mass is 16.5. The molecule has 0 bridgehead atoms. The summed E-state index contributed by atoms with van der Waals surface area (Å²) in [6.07, 6.45) is 5.11. The Morgan fingerprint density at radius 1 is 1.33 bits per heavy atom. The maximum atomic E-state index is 11.2. The van der Waals surface area contributed by atoms with Crippen LogP contribution in [0.2, 0.25) is 0 Å². The molecular formula is C16H18O2. The highest BCUT2D eigenvalue weighted by Crippen LogP contribution is 2.09. The molecule has 0 N–H and O–H groups in total. The Morgan fingerprint density at radius 2 is 2.11 bits per heavy atom. The lowest BCUT2D eigenvalue weighted by Gasteiger charge is -1.98. The largest absolute Gasteiger partial charge is 0.463 e. The van der Waals surface area contributed by atoms with Gasteiger partial charge < -0.3 is 4.74 Å². The van der Waals surface area contributed by atoms with Crippen LogP contribution in [0.25, 0.3) is 6.08 Å². The number of rotatable bonds is 4. The fourth-order valence-corrected chi connectivity index (χ4v) is 1.39. The van der Waals surface area contributed by atoms with Crippen LogP contribution in [0.4, 0.5) is 0 Å². The van der Waals surface area contributed by atoms with Gasteiger partial charge in [0.1, 0.15) is 0 Å². The highest BCUT2D eigenvalue weighted by molar-refractivity contribution is 5.87. The summed E-state index contributed by atoms with van der Waals surface area (Å²) in [6, 6.07) is 7.76. The summed E-state index contributed by atoms with van der Waals surface area (Å²) in [7, 11) is 0. The van der Waals surface area contributed by atoms with Gasteiger partial charge in [0, 0.05) is 18.1 Å². The molecule has 0 atom stereocenters. The number of ether oxygens (including phenoxy) is 1. The highest BCUT2D eigenvalue weighted by Gasteiger charge is 1.97. The molecule has 18 heavy (non-hydrogen) atoms. The second-order valence-corrected chi connectivity index (χ2v) is 3.72. The van der Waals surface area contributed by atoms with Gasteiger partial charge in [0.05, 0.1) is 6.61 Å². The van der Waals surface area contributed by atoms with Crippen molar-refractivity contribution in [2.45, 2.75) is 26.7 Å². The summed E-state index contributed by atoms with van der Waals surface area (Å²) in [6.45, 7) is 4.28. The molecule has 1 aromatic rings. The van der Waals surface area contributed by atoms with Crippen molar-refractivity contribution in [2.24, 2.45) is 0 Å². The number of benzene rings is 1. The molecule has 94 valence electrons. The van der Waals surface area contributed by atoms with Crippen molar-refractivity contribution in [1.29, 1.82) is 0 Å². The molecule has 2 heteroatoms. The van der Waals surface area contributed by atoms with E-state index in [0.29, 0.717) is 6.61 Å². The average Bonchev–Trinajstić information content (AvgIpc) is 2.38. The first-order chi connectivity index (χ1) is 8.77. The van der Waals surface area contributed by atoms with Gasteiger partial charge in [0.15, 0.2) is 0 Å². The molecular weight excluding hydrogens is 224 g/mol. The number of carbonyl (C=O) groups excluding carboxylic acids is 1. The van der Waals surface area contributed by atoms with Crippen LogP contribution in [-0.4, -0.2) is 12.6 Å². The molecule has 2 nitrogen and oxygen atoms in total. The molecule has 0 fully saturated rings. The number of hydrogen-bond acceptors (Lipinski definition) is 2. The van der Waals surface area contributed by atoms with E-state index in [1.54, 1.807) is 13.0 Å². The zero-order chi connectivity index (χ0) is 13.2. The van der Waals surface area contributed by atoms with E-state index in [1.807, 2.05) is 24.3 Å². The predicted molar refractivity (Wildman–Crippen MR) is 73.9 cm³/mol. The molecule has 0 unspecified atom stereocenters. The van der Waals surface area contributed by atoms with Crippen molar-refractivity contribution in [2.75, 3.05) is 6.61 Å². The van der Waals surface area contributed by atoms with Crippen molar-refractivity contribution < 1.29 is 9.53 Å². The molecule has 0 saturated heterocycles. The van der Waals surface area contributed by atoms with E-state index in [-0.39, 0.29) is 5.97 Å².